The molecule has 1 aliphatic rings. The fourth-order valence-corrected chi connectivity index (χ4v) is 3.42. The van der Waals surface area contributed by atoms with Crippen LogP contribution < -0.4 is 10.6 Å². The topological polar surface area (TPSA) is 42.1 Å². The first-order valence-electron chi connectivity index (χ1n) is 6.27. The highest BCUT2D eigenvalue weighted by molar-refractivity contribution is 7.22. The smallest absolute Gasteiger partial charge is 0.186 e. The minimum atomic E-state index is -0.195. The van der Waals surface area contributed by atoms with E-state index in [1.54, 1.807) is 23.5 Å². The molecule has 2 aromatic rings. The number of anilines is 1. The Balaban J connectivity index is 1.82. The van der Waals surface area contributed by atoms with Crippen molar-refractivity contribution in [2.45, 2.75) is 12.8 Å². The van der Waals surface area contributed by atoms with E-state index in [0.717, 1.165) is 47.8 Å². The Morgan fingerprint density at radius 2 is 2.17 bits per heavy atom. The minimum absolute atomic E-state index is 0.195. The molecule has 1 fully saturated rings. The van der Waals surface area contributed by atoms with Crippen molar-refractivity contribution in [3.8, 4) is 0 Å². The van der Waals surface area contributed by atoms with Crippen LogP contribution in [0.2, 0.25) is 0 Å². The molecule has 96 valence electrons. The van der Waals surface area contributed by atoms with Crippen molar-refractivity contribution in [3.05, 3.63) is 24.0 Å². The van der Waals surface area contributed by atoms with Gasteiger partial charge >= 0.3 is 0 Å². The van der Waals surface area contributed by atoms with E-state index in [2.05, 4.69) is 9.88 Å². The van der Waals surface area contributed by atoms with E-state index in [1.807, 2.05) is 0 Å². The average molecular weight is 265 g/mol. The number of thiazole rings is 1. The number of hydrogen-bond donors (Lipinski definition) is 1. The summed E-state index contributed by atoms with van der Waals surface area (Å²) < 4.78 is 14.1. The average Bonchev–Trinajstić information content (AvgIpc) is 2.81. The summed E-state index contributed by atoms with van der Waals surface area (Å²) in [5, 5.41) is 1.01. The first kappa shape index (κ1) is 11.9. The normalized spacial score (nSPS) is 17.6. The molecule has 0 unspecified atom stereocenters. The largest absolute Gasteiger partial charge is 0.348 e. The molecular weight excluding hydrogens is 249 g/mol. The van der Waals surface area contributed by atoms with E-state index in [4.69, 9.17) is 5.73 Å². The van der Waals surface area contributed by atoms with Crippen LogP contribution in [0.1, 0.15) is 12.8 Å². The molecule has 0 saturated carbocycles. The number of fused-ring (bicyclic) bond motifs is 1. The van der Waals surface area contributed by atoms with Crippen molar-refractivity contribution in [2.75, 3.05) is 24.5 Å². The summed E-state index contributed by atoms with van der Waals surface area (Å²) in [6.45, 7) is 2.78. The molecule has 0 radical (unpaired) electrons. The van der Waals surface area contributed by atoms with Crippen LogP contribution in [0, 0.1) is 11.7 Å². The van der Waals surface area contributed by atoms with Gasteiger partial charge in [0.05, 0.1) is 10.2 Å². The molecular formula is C13H16FN3S. The van der Waals surface area contributed by atoms with Gasteiger partial charge in [-0.15, -0.1) is 0 Å². The molecule has 1 aromatic heterocycles. The molecule has 0 atom stereocenters. The monoisotopic (exact) mass is 265 g/mol. The molecule has 3 nitrogen and oxygen atoms in total. The summed E-state index contributed by atoms with van der Waals surface area (Å²) in [6, 6.07) is 4.77. The maximum atomic E-state index is 13.1. The Morgan fingerprint density at radius 1 is 1.39 bits per heavy atom. The van der Waals surface area contributed by atoms with Crippen LogP contribution in [0.15, 0.2) is 18.2 Å². The number of nitrogens with zero attached hydrogens (tertiary/aromatic N) is 2. The van der Waals surface area contributed by atoms with Crippen LogP contribution in [0.25, 0.3) is 10.2 Å². The number of benzene rings is 1. The van der Waals surface area contributed by atoms with Crippen LogP contribution >= 0.6 is 11.3 Å². The Labute approximate surface area is 109 Å². The molecule has 0 spiro atoms. The summed E-state index contributed by atoms with van der Waals surface area (Å²) in [6.07, 6.45) is 2.25. The maximum absolute atomic E-state index is 13.1. The number of nitrogens with two attached hydrogens (primary N) is 1. The van der Waals surface area contributed by atoms with E-state index < -0.39 is 0 Å². The molecule has 18 heavy (non-hydrogen) atoms. The second kappa shape index (κ2) is 4.82. The highest BCUT2D eigenvalue weighted by Crippen LogP contribution is 2.31. The minimum Gasteiger partial charge on any atom is -0.348 e. The van der Waals surface area contributed by atoms with Crippen LogP contribution in [-0.2, 0) is 0 Å². The molecule has 5 heteroatoms. The third-order valence-corrected chi connectivity index (χ3v) is 4.64. The second-order valence-corrected chi connectivity index (χ2v) is 5.78. The second-order valence-electron chi connectivity index (χ2n) is 4.77. The van der Waals surface area contributed by atoms with Gasteiger partial charge in [0.1, 0.15) is 5.82 Å². The highest BCUT2D eigenvalue weighted by Gasteiger charge is 2.20. The van der Waals surface area contributed by atoms with Crippen molar-refractivity contribution < 1.29 is 4.39 Å². The van der Waals surface area contributed by atoms with Crippen LogP contribution in [-0.4, -0.2) is 24.6 Å². The molecule has 0 bridgehead atoms. The van der Waals surface area contributed by atoms with Gasteiger partial charge < -0.3 is 10.6 Å². The lowest BCUT2D eigenvalue weighted by Gasteiger charge is -2.30. The number of rotatable bonds is 2. The molecule has 1 aliphatic heterocycles. The SMILES string of the molecule is NCC1CCN(c2nc3ccc(F)cc3s2)CC1. The Morgan fingerprint density at radius 3 is 2.89 bits per heavy atom. The van der Waals surface area contributed by atoms with Gasteiger partial charge in [0, 0.05) is 13.1 Å². The number of hydrogen-bond acceptors (Lipinski definition) is 4. The Bertz CT molecular complexity index is 546. The summed E-state index contributed by atoms with van der Waals surface area (Å²) in [5.41, 5.74) is 6.58. The Kier molecular flexibility index (Phi) is 3.18. The van der Waals surface area contributed by atoms with Crippen molar-refractivity contribution in [2.24, 2.45) is 11.7 Å². The standard InChI is InChI=1S/C13H16FN3S/c14-10-1-2-11-12(7-10)18-13(16-11)17-5-3-9(8-15)4-6-17/h1-2,7,9H,3-6,8,15H2. The predicted molar refractivity (Wildman–Crippen MR) is 73.6 cm³/mol. The molecule has 2 heterocycles. The van der Waals surface area contributed by atoms with E-state index in [9.17, 15) is 4.39 Å². The van der Waals surface area contributed by atoms with Crippen LogP contribution in [0.4, 0.5) is 9.52 Å². The third kappa shape index (κ3) is 2.20. The van der Waals surface area contributed by atoms with E-state index in [0.29, 0.717) is 5.92 Å². The van der Waals surface area contributed by atoms with Gasteiger partial charge in [0.15, 0.2) is 5.13 Å². The van der Waals surface area contributed by atoms with Crippen LogP contribution in [0.5, 0.6) is 0 Å². The first-order valence-corrected chi connectivity index (χ1v) is 7.09. The fraction of sp³-hybridized carbons (Fsp3) is 0.462. The van der Waals surface area contributed by atoms with Gasteiger partial charge in [-0.25, -0.2) is 9.37 Å². The van der Waals surface area contributed by atoms with Gasteiger partial charge in [-0.1, -0.05) is 11.3 Å². The van der Waals surface area contributed by atoms with Gasteiger partial charge in [0.25, 0.3) is 0 Å². The predicted octanol–water partition coefficient (Wildman–Crippen LogP) is 2.61. The number of halogens is 1. The van der Waals surface area contributed by atoms with Crippen LogP contribution in [0.3, 0.4) is 0 Å². The van der Waals surface area contributed by atoms with Gasteiger partial charge in [-0.3, -0.25) is 0 Å². The number of piperidine rings is 1. The van der Waals surface area contributed by atoms with Crippen molar-refractivity contribution in [1.29, 1.82) is 0 Å². The summed E-state index contributed by atoms with van der Waals surface area (Å²) >= 11 is 1.57. The zero-order valence-electron chi connectivity index (χ0n) is 10.1. The maximum Gasteiger partial charge on any atom is 0.186 e. The van der Waals surface area contributed by atoms with E-state index in [1.165, 1.54) is 6.07 Å². The lowest BCUT2D eigenvalue weighted by atomic mass is 9.98. The van der Waals surface area contributed by atoms with Gasteiger partial charge in [0.2, 0.25) is 0 Å². The van der Waals surface area contributed by atoms with E-state index in [-0.39, 0.29) is 5.82 Å². The molecule has 1 aromatic carbocycles. The summed E-state index contributed by atoms with van der Waals surface area (Å²) in [7, 11) is 0. The molecule has 2 N–H and O–H groups in total. The molecule has 1 saturated heterocycles. The summed E-state index contributed by atoms with van der Waals surface area (Å²) in [4.78, 5) is 6.86. The van der Waals surface area contributed by atoms with Crippen molar-refractivity contribution >= 4 is 26.7 Å². The highest BCUT2D eigenvalue weighted by atomic mass is 32.1. The van der Waals surface area contributed by atoms with Gasteiger partial charge in [-0.05, 0) is 43.5 Å². The zero-order valence-corrected chi connectivity index (χ0v) is 10.9. The lowest BCUT2D eigenvalue weighted by molar-refractivity contribution is 0.414. The van der Waals surface area contributed by atoms with E-state index >= 15 is 0 Å². The molecule has 0 amide bonds. The van der Waals surface area contributed by atoms with Crippen molar-refractivity contribution in [3.63, 3.8) is 0 Å². The fourth-order valence-electron chi connectivity index (χ4n) is 2.38. The zero-order chi connectivity index (χ0) is 12.5. The quantitative estimate of drug-likeness (QED) is 0.907. The Hall–Kier alpha value is -1.20. The summed E-state index contributed by atoms with van der Waals surface area (Å²) in [5.74, 6) is 0.451. The van der Waals surface area contributed by atoms with Gasteiger partial charge in [-0.2, -0.15) is 0 Å². The first-order chi connectivity index (χ1) is 8.76. The third-order valence-electron chi connectivity index (χ3n) is 3.56. The number of aromatic nitrogens is 1. The molecule has 0 aliphatic carbocycles. The molecule has 3 rings (SSSR count). The van der Waals surface area contributed by atoms with Crippen molar-refractivity contribution in [1.82, 2.24) is 4.98 Å². The lowest BCUT2D eigenvalue weighted by Crippen LogP contribution is -2.35.